The topological polar surface area (TPSA) is 38.3 Å². The van der Waals surface area contributed by atoms with Crippen LogP contribution in [0.3, 0.4) is 0 Å². The summed E-state index contributed by atoms with van der Waals surface area (Å²) in [5, 5.41) is 2.88. The summed E-state index contributed by atoms with van der Waals surface area (Å²) in [4.78, 5) is 12.3. The van der Waals surface area contributed by atoms with Gasteiger partial charge in [-0.1, -0.05) is 51.8 Å². The molecule has 3 aromatic rings. The second kappa shape index (κ2) is 7.99. The van der Waals surface area contributed by atoms with Crippen molar-refractivity contribution in [3.8, 4) is 5.75 Å². The Hall–Kier alpha value is -2.59. The van der Waals surface area contributed by atoms with Crippen molar-refractivity contribution in [3.05, 3.63) is 94.0 Å². The average Bonchev–Trinajstić information content (AvgIpc) is 2.62. The molecule has 0 atom stereocenters. The van der Waals surface area contributed by atoms with Crippen molar-refractivity contribution in [2.24, 2.45) is 0 Å². The summed E-state index contributed by atoms with van der Waals surface area (Å²) in [5.74, 6) is 0.700. The number of rotatable bonds is 5. The summed E-state index contributed by atoms with van der Waals surface area (Å²) in [6, 6.07) is 22.9. The molecule has 0 aliphatic carbocycles. The number of carbonyl (C=O) groups is 1. The first-order valence-corrected chi connectivity index (χ1v) is 8.75. The van der Waals surface area contributed by atoms with Gasteiger partial charge in [-0.3, -0.25) is 4.79 Å². The fraction of sp³-hybridized carbons (Fsp3) is 0.0952. The van der Waals surface area contributed by atoms with Gasteiger partial charge in [-0.05, 0) is 55.0 Å². The Bertz CT molecular complexity index is 858. The van der Waals surface area contributed by atoms with Crippen molar-refractivity contribution in [1.29, 1.82) is 0 Å². The van der Waals surface area contributed by atoms with Crippen molar-refractivity contribution in [1.82, 2.24) is 0 Å². The van der Waals surface area contributed by atoms with E-state index in [-0.39, 0.29) is 5.91 Å². The van der Waals surface area contributed by atoms with Gasteiger partial charge in [0.15, 0.2) is 0 Å². The van der Waals surface area contributed by atoms with Crippen LogP contribution in [0.1, 0.15) is 21.5 Å². The van der Waals surface area contributed by atoms with E-state index in [9.17, 15) is 4.79 Å². The minimum absolute atomic E-state index is 0.135. The Labute approximate surface area is 155 Å². The quantitative estimate of drug-likeness (QED) is 0.611. The molecule has 126 valence electrons. The van der Waals surface area contributed by atoms with Gasteiger partial charge in [0.2, 0.25) is 0 Å². The van der Waals surface area contributed by atoms with E-state index in [1.165, 1.54) is 5.56 Å². The van der Waals surface area contributed by atoms with Crippen LogP contribution in [0.5, 0.6) is 5.75 Å². The highest BCUT2D eigenvalue weighted by atomic mass is 79.9. The molecule has 3 aromatic carbocycles. The Morgan fingerprint density at radius 1 is 1.00 bits per heavy atom. The zero-order valence-electron chi connectivity index (χ0n) is 13.8. The predicted molar refractivity (Wildman–Crippen MR) is 104 cm³/mol. The number of halogens is 1. The number of ether oxygens (including phenoxy) is 1. The molecule has 0 bridgehead atoms. The monoisotopic (exact) mass is 395 g/mol. The average molecular weight is 396 g/mol. The maximum atomic E-state index is 12.3. The molecule has 4 heteroatoms. The molecule has 0 saturated heterocycles. The number of anilines is 1. The second-order valence-corrected chi connectivity index (χ2v) is 6.68. The lowest BCUT2D eigenvalue weighted by Gasteiger charge is -2.08. The number of carbonyl (C=O) groups excluding carboxylic acids is 1. The lowest BCUT2D eigenvalue weighted by molar-refractivity contribution is 0.102. The summed E-state index contributed by atoms with van der Waals surface area (Å²) in [6.07, 6.45) is 0. The van der Waals surface area contributed by atoms with Crippen molar-refractivity contribution in [2.45, 2.75) is 13.5 Å². The van der Waals surface area contributed by atoms with E-state index in [0.29, 0.717) is 12.2 Å². The van der Waals surface area contributed by atoms with E-state index < -0.39 is 0 Å². The standard InChI is InChI=1S/C21H18BrNO2/c1-15-5-11-20(12-6-15)25-14-16-7-9-17(10-8-16)21(24)23-19-4-2-3-18(22)13-19/h2-13H,14H2,1H3,(H,23,24). The summed E-state index contributed by atoms with van der Waals surface area (Å²) in [5.41, 5.74) is 3.58. The Morgan fingerprint density at radius 2 is 1.72 bits per heavy atom. The van der Waals surface area contributed by atoms with Gasteiger partial charge in [0.25, 0.3) is 5.91 Å². The highest BCUT2D eigenvalue weighted by Crippen LogP contribution is 2.17. The molecule has 0 aliphatic heterocycles. The Balaban J connectivity index is 1.59. The van der Waals surface area contributed by atoms with Crippen LogP contribution in [0.4, 0.5) is 5.69 Å². The first kappa shape index (κ1) is 17.2. The first-order chi connectivity index (χ1) is 12.1. The largest absolute Gasteiger partial charge is 0.489 e. The highest BCUT2D eigenvalue weighted by molar-refractivity contribution is 9.10. The molecule has 0 unspecified atom stereocenters. The lowest BCUT2D eigenvalue weighted by atomic mass is 10.1. The molecule has 0 spiro atoms. The third kappa shape index (κ3) is 4.94. The van der Waals surface area contributed by atoms with E-state index in [0.717, 1.165) is 21.5 Å². The van der Waals surface area contributed by atoms with Gasteiger partial charge < -0.3 is 10.1 Å². The molecule has 0 heterocycles. The van der Waals surface area contributed by atoms with Crippen LogP contribution >= 0.6 is 15.9 Å². The highest BCUT2D eigenvalue weighted by Gasteiger charge is 2.06. The molecule has 0 radical (unpaired) electrons. The minimum atomic E-state index is -0.135. The molecular formula is C21H18BrNO2. The third-order valence-corrected chi connectivity index (χ3v) is 4.22. The van der Waals surface area contributed by atoms with Crippen LogP contribution in [0.25, 0.3) is 0 Å². The Kier molecular flexibility index (Phi) is 5.51. The van der Waals surface area contributed by atoms with Gasteiger partial charge in [0.1, 0.15) is 12.4 Å². The number of benzene rings is 3. The van der Waals surface area contributed by atoms with Gasteiger partial charge in [0, 0.05) is 15.7 Å². The third-order valence-electron chi connectivity index (χ3n) is 3.73. The first-order valence-electron chi connectivity index (χ1n) is 7.95. The maximum absolute atomic E-state index is 12.3. The zero-order valence-corrected chi connectivity index (χ0v) is 15.4. The van der Waals surface area contributed by atoms with E-state index >= 15 is 0 Å². The van der Waals surface area contributed by atoms with Crippen LogP contribution in [0, 0.1) is 6.92 Å². The summed E-state index contributed by atoms with van der Waals surface area (Å²) in [6.45, 7) is 2.51. The van der Waals surface area contributed by atoms with E-state index in [4.69, 9.17) is 4.74 Å². The van der Waals surface area contributed by atoms with Crippen molar-refractivity contribution >= 4 is 27.5 Å². The van der Waals surface area contributed by atoms with Crippen LogP contribution < -0.4 is 10.1 Å². The normalized spacial score (nSPS) is 10.3. The maximum Gasteiger partial charge on any atom is 0.255 e. The number of hydrogen-bond donors (Lipinski definition) is 1. The molecule has 0 aliphatic rings. The number of nitrogens with one attached hydrogen (secondary N) is 1. The van der Waals surface area contributed by atoms with Crippen LogP contribution in [0.15, 0.2) is 77.3 Å². The summed E-state index contributed by atoms with van der Waals surface area (Å²) >= 11 is 3.39. The molecule has 0 aromatic heterocycles. The van der Waals surface area contributed by atoms with Crippen LogP contribution in [0.2, 0.25) is 0 Å². The van der Waals surface area contributed by atoms with Crippen molar-refractivity contribution < 1.29 is 9.53 Å². The zero-order chi connectivity index (χ0) is 17.6. The molecular weight excluding hydrogens is 378 g/mol. The van der Waals surface area contributed by atoms with Gasteiger partial charge in [-0.25, -0.2) is 0 Å². The molecule has 0 saturated carbocycles. The minimum Gasteiger partial charge on any atom is -0.489 e. The molecule has 3 rings (SSSR count). The van der Waals surface area contributed by atoms with Gasteiger partial charge in [-0.15, -0.1) is 0 Å². The van der Waals surface area contributed by atoms with Gasteiger partial charge in [0.05, 0.1) is 0 Å². The number of hydrogen-bond acceptors (Lipinski definition) is 2. The summed E-state index contributed by atoms with van der Waals surface area (Å²) < 4.78 is 6.68. The van der Waals surface area contributed by atoms with E-state index in [1.807, 2.05) is 67.6 Å². The van der Waals surface area contributed by atoms with Crippen molar-refractivity contribution in [3.63, 3.8) is 0 Å². The fourth-order valence-corrected chi connectivity index (χ4v) is 2.72. The second-order valence-electron chi connectivity index (χ2n) is 5.76. The molecule has 25 heavy (non-hydrogen) atoms. The van der Waals surface area contributed by atoms with E-state index in [2.05, 4.69) is 21.2 Å². The van der Waals surface area contributed by atoms with E-state index in [1.54, 1.807) is 12.1 Å². The van der Waals surface area contributed by atoms with Gasteiger partial charge in [-0.2, -0.15) is 0 Å². The molecule has 0 fully saturated rings. The molecule has 1 N–H and O–H groups in total. The van der Waals surface area contributed by atoms with Crippen LogP contribution in [-0.2, 0) is 6.61 Å². The van der Waals surface area contributed by atoms with Gasteiger partial charge >= 0.3 is 0 Å². The predicted octanol–water partition coefficient (Wildman–Crippen LogP) is 5.59. The van der Waals surface area contributed by atoms with Crippen molar-refractivity contribution in [2.75, 3.05) is 5.32 Å². The lowest BCUT2D eigenvalue weighted by Crippen LogP contribution is -2.11. The SMILES string of the molecule is Cc1ccc(OCc2ccc(C(=O)Nc3cccc(Br)c3)cc2)cc1. The smallest absolute Gasteiger partial charge is 0.255 e. The molecule has 1 amide bonds. The molecule has 3 nitrogen and oxygen atoms in total. The number of amides is 1. The Morgan fingerprint density at radius 3 is 2.40 bits per heavy atom. The summed E-state index contributed by atoms with van der Waals surface area (Å²) in [7, 11) is 0. The number of aryl methyl sites for hydroxylation is 1. The van der Waals surface area contributed by atoms with Crippen LogP contribution in [-0.4, -0.2) is 5.91 Å². The fourth-order valence-electron chi connectivity index (χ4n) is 2.32.